The molecule has 0 radical (unpaired) electrons. The van der Waals surface area contributed by atoms with Crippen LogP contribution in [0.5, 0.6) is 0 Å². The van der Waals surface area contributed by atoms with E-state index in [0.717, 1.165) is 45.4 Å². The van der Waals surface area contributed by atoms with Gasteiger partial charge in [0.15, 0.2) is 0 Å². The highest BCUT2D eigenvalue weighted by Gasteiger charge is 2.23. The van der Waals surface area contributed by atoms with Crippen LogP contribution in [0.2, 0.25) is 0 Å². The van der Waals surface area contributed by atoms with Gasteiger partial charge in [0.05, 0.1) is 17.4 Å². The van der Waals surface area contributed by atoms with E-state index < -0.39 is 0 Å². The molecule has 2 amide bonds. The Labute approximate surface area is 142 Å². The predicted molar refractivity (Wildman–Crippen MR) is 92.0 cm³/mol. The minimum Gasteiger partial charge on any atom is -0.376 e. The zero-order chi connectivity index (χ0) is 16.8. The second kappa shape index (κ2) is 8.26. The Bertz CT molecular complexity index is 579. The second-order valence-electron chi connectivity index (χ2n) is 6.40. The number of ether oxygens (including phenoxy) is 1. The van der Waals surface area contributed by atoms with Crippen LogP contribution in [0.3, 0.4) is 0 Å². The average molecular weight is 331 g/mol. The average Bonchev–Trinajstić information content (AvgIpc) is 3.14. The fourth-order valence-corrected chi connectivity index (χ4v) is 3.22. The van der Waals surface area contributed by atoms with Gasteiger partial charge in [0.2, 0.25) is 5.91 Å². The summed E-state index contributed by atoms with van der Waals surface area (Å²) in [7, 11) is 0. The standard InChI is InChI=1S/C18H25N3O3/c22-17(13-7-9-19-10-8-13)21-16-6-2-1-5-15(16)18(23)20-12-14-4-3-11-24-14/h1-2,5-6,13-14,19H,3-4,7-12H2,(H,20,23)(H,21,22). The fraction of sp³-hybridized carbons (Fsp3) is 0.556. The summed E-state index contributed by atoms with van der Waals surface area (Å²) in [6.07, 6.45) is 3.79. The molecule has 0 spiro atoms. The van der Waals surface area contributed by atoms with Crippen LogP contribution < -0.4 is 16.0 Å². The molecule has 2 fully saturated rings. The lowest BCUT2D eigenvalue weighted by Gasteiger charge is -2.22. The van der Waals surface area contributed by atoms with Crippen molar-refractivity contribution in [3.05, 3.63) is 29.8 Å². The quantitative estimate of drug-likeness (QED) is 0.764. The Morgan fingerprint density at radius 1 is 1.17 bits per heavy atom. The monoisotopic (exact) mass is 331 g/mol. The number of piperidine rings is 1. The van der Waals surface area contributed by atoms with Gasteiger partial charge in [0, 0.05) is 19.1 Å². The molecule has 1 unspecified atom stereocenters. The molecule has 6 nitrogen and oxygen atoms in total. The molecule has 6 heteroatoms. The smallest absolute Gasteiger partial charge is 0.253 e. The minimum absolute atomic E-state index is 0.00382. The Morgan fingerprint density at radius 2 is 1.96 bits per heavy atom. The summed E-state index contributed by atoms with van der Waals surface area (Å²) in [6, 6.07) is 7.15. The lowest BCUT2D eigenvalue weighted by Crippen LogP contribution is -2.35. The summed E-state index contributed by atoms with van der Waals surface area (Å²) in [5.74, 6) is -0.170. The summed E-state index contributed by atoms with van der Waals surface area (Å²) >= 11 is 0. The number of rotatable bonds is 5. The number of anilines is 1. The number of amides is 2. The first-order valence-electron chi connectivity index (χ1n) is 8.74. The molecule has 1 aromatic rings. The first-order chi connectivity index (χ1) is 11.7. The van der Waals surface area contributed by atoms with E-state index in [1.54, 1.807) is 18.2 Å². The highest BCUT2D eigenvalue weighted by atomic mass is 16.5. The summed E-state index contributed by atoms with van der Waals surface area (Å²) in [6.45, 7) is 3.00. The summed E-state index contributed by atoms with van der Waals surface area (Å²) in [4.78, 5) is 24.9. The van der Waals surface area contributed by atoms with Crippen molar-refractivity contribution in [1.29, 1.82) is 0 Å². The maximum Gasteiger partial charge on any atom is 0.253 e. The van der Waals surface area contributed by atoms with Crippen LogP contribution >= 0.6 is 0 Å². The van der Waals surface area contributed by atoms with E-state index in [4.69, 9.17) is 4.74 Å². The van der Waals surface area contributed by atoms with Crippen molar-refractivity contribution in [1.82, 2.24) is 10.6 Å². The van der Waals surface area contributed by atoms with Gasteiger partial charge in [-0.2, -0.15) is 0 Å². The molecular formula is C18H25N3O3. The molecule has 3 rings (SSSR count). The van der Waals surface area contributed by atoms with Gasteiger partial charge in [-0.3, -0.25) is 9.59 Å². The summed E-state index contributed by atoms with van der Waals surface area (Å²) < 4.78 is 5.52. The van der Waals surface area contributed by atoms with E-state index in [-0.39, 0.29) is 23.8 Å². The number of nitrogens with one attached hydrogen (secondary N) is 3. The molecule has 2 heterocycles. The van der Waals surface area contributed by atoms with Gasteiger partial charge in [-0.1, -0.05) is 12.1 Å². The van der Waals surface area contributed by atoms with Crippen molar-refractivity contribution < 1.29 is 14.3 Å². The molecule has 130 valence electrons. The highest BCUT2D eigenvalue weighted by Crippen LogP contribution is 2.19. The number of hydrogen-bond donors (Lipinski definition) is 3. The van der Waals surface area contributed by atoms with Crippen LogP contribution in [-0.2, 0) is 9.53 Å². The third-order valence-corrected chi connectivity index (χ3v) is 4.65. The predicted octanol–water partition coefficient (Wildman–Crippen LogP) is 1.53. The highest BCUT2D eigenvalue weighted by molar-refractivity contribution is 6.04. The van der Waals surface area contributed by atoms with Gasteiger partial charge in [0.25, 0.3) is 5.91 Å². The van der Waals surface area contributed by atoms with Crippen molar-refractivity contribution in [2.75, 3.05) is 31.6 Å². The Balaban J connectivity index is 1.61. The zero-order valence-corrected chi connectivity index (χ0v) is 13.8. The molecule has 2 saturated heterocycles. The van der Waals surface area contributed by atoms with Crippen molar-refractivity contribution >= 4 is 17.5 Å². The zero-order valence-electron chi connectivity index (χ0n) is 13.8. The van der Waals surface area contributed by atoms with E-state index in [2.05, 4.69) is 16.0 Å². The summed E-state index contributed by atoms with van der Waals surface area (Å²) in [5.41, 5.74) is 1.07. The SMILES string of the molecule is O=C(NCC1CCCO1)c1ccccc1NC(=O)C1CCNCC1. The van der Waals surface area contributed by atoms with Gasteiger partial charge in [-0.25, -0.2) is 0 Å². The normalized spacial score (nSPS) is 21.4. The molecule has 1 aromatic carbocycles. The van der Waals surface area contributed by atoms with Gasteiger partial charge >= 0.3 is 0 Å². The maximum absolute atomic E-state index is 12.5. The summed E-state index contributed by atoms with van der Waals surface area (Å²) in [5, 5.41) is 9.09. The van der Waals surface area contributed by atoms with Crippen LogP contribution in [0.25, 0.3) is 0 Å². The minimum atomic E-state index is -0.174. The molecule has 0 bridgehead atoms. The molecule has 0 saturated carbocycles. The molecule has 0 aromatic heterocycles. The Morgan fingerprint density at radius 3 is 2.71 bits per heavy atom. The van der Waals surface area contributed by atoms with E-state index in [1.807, 2.05) is 6.07 Å². The topological polar surface area (TPSA) is 79.5 Å². The number of carbonyl (C=O) groups excluding carboxylic acids is 2. The molecule has 2 aliphatic heterocycles. The molecular weight excluding hydrogens is 306 g/mol. The number of carbonyl (C=O) groups is 2. The largest absolute Gasteiger partial charge is 0.376 e. The van der Waals surface area contributed by atoms with Crippen molar-refractivity contribution in [2.24, 2.45) is 5.92 Å². The van der Waals surface area contributed by atoms with Crippen molar-refractivity contribution in [2.45, 2.75) is 31.8 Å². The van der Waals surface area contributed by atoms with E-state index in [9.17, 15) is 9.59 Å². The van der Waals surface area contributed by atoms with Gasteiger partial charge in [-0.15, -0.1) is 0 Å². The maximum atomic E-state index is 12.5. The number of para-hydroxylation sites is 1. The van der Waals surface area contributed by atoms with Crippen LogP contribution in [0.15, 0.2) is 24.3 Å². The lowest BCUT2D eigenvalue weighted by atomic mass is 9.97. The fourth-order valence-electron chi connectivity index (χ4n) is 3.22. The lowest BCUT2D eigenvalue weighted by molar-refractivity contribution is -0.120. The van der Waals surface area contributed by atoms with Crippen molar-refractivity contribution in [3.8, 4) is 0 Å². The molecule has 3 N–H and O–H groups in total. The molecule has 24 heavy (non-hydrogen) atoms. The van der Waals surface area contributed by atoms with Crippen LogP contribution in [0.1, 0.15) is 36.0 Å². The van der Waals surface area contributed by atoms with Gasteiger partial charge in [-0.05, 0) is 50.9 Å². The third-order valence-electron chi connectivity index (χ3n) is 4.65. The number of hydrogen-bond acceptors (Lipinski definition) is 4. The van der Waals surface area contributed by atoms with Crippen LogP contribution in [0, 0.1) is 5.92 Å². The van der Waals surface area contributed by atoms with E-state index in [1.165, 1.54) is 0 Å². The van der Waals surface area contributed by atoms with Gasteiger partial charge in [0.1, 0.15) is 0 Å². The number of benzene rings is 1. The molecule has 1 atom stereocenters. The Kier molecular flexibility index (Phi) is 5.82. The first kappa shape index (κ1) is 16.9. The first-order valence-corrected chi connectivity index (χ1v) is 8.74. The third kappa shape index (κ3) is 4.33. The second-order valence-corrected chi connectivity index (χ2v) is 6.40. The van der Waals surface area contributed by atoms with Crippen LogP contribution in [-0.4, -0.2) is 44.2 Å². The van der Waals surface area contributed by atoms with Gasteiger partial charge < -0.3 is 20.7 Å². The Hall–Kier alpha value is -1.92. The van der Waals surface area contributed by atoms with Crippen LogP contribution in [0.4, 0.5) is 5.69 Å². The van der Waals surface area contributed by atoms with E-state index in [0.29, 0.717) is 17.8 Å². The van der Waals surface area contributed by atoms with Crippen molar-refractivity contribution in [3.63, 3.8) is 0 Å². The van der Waals surface area contributed by atoms with E-state index >= 15 is 0 Å². The molecule has 0 aliphatic carbocycles. The molecule has 2 aliphatic rings.